The summed E-state index contributed by atoms with van der Waals surface area (Å²) in [5.41, 5.74) is 2.31. The lowest BCUT2D eigenvalue weighted by Crippen LogP contribution is -2.42. The fraction of sp³-hybridized carbons (Fsp3) is 0.300. The van der Waals surface area contributed by atoms with Gasteiger partial charge in [0.25, 0.3) is 10.0 Å². The topological polar surface area (TPSA) is 102 Å². The number of para-hydroxylation sites is 2. The molecule has 0 atom stereocenters. The van der Waals surface area contributed by atoms with Gasteiger partial charge >= 0.3 is 5.97 Å². The molecule has 1 aliphatic rings. The number of sulfonamides is 1. The maximum atomic E-state index is 13.5. The Morgan fingerprint density at radius 1 is 1.17 bits per heavy atom. The molecule has 1 aliphatic heterocycles. The Bertz CT molecular complexity index is 1060. The normalized spacial score (nSPS) is 13.5. The highest BCUT2D eigenvalue weighted by Gasteiger charge is 2.34. The first-order chi connectivity index (χ1) is 13.7. The van der Waals surface area contributed by atoms with Crippen LogP contribution in [-0.4, -0.2) is 40.1 Å². The van der Waals surface area contributed by atoms with Gasteiger partial charge < -0.3 is 14.8 Å². The van der Waals surface area contributed by atoms with Gasteiger partial charge in [-0.3, -0.25) is 9.10 Å². The molecule has 8 nitrogen and oxygen atoms in total. The second kappa shape index (κ2) is 8.12. The Kier molecular flexibility index (Phi) is 5.78. The van der Waals surface area contributed by atoms with Crippen molar-refractivity contribution in [1.82, 2.24) is 0 Å². The van der Waals surface area contributed by atoms with Gasteiger partial charge in [0, 0.05) is 0 Å². The molecule has 0 unspecified atom stereocenters. The minimum atomic E-state index is -4.14. The zero-order chi connectivity index (χ0) is 21.2. The van der Waals surface area contributed by atoms with Crippen molar-refractivity contribution in [3.05, 3.63) is 47.5 Å². The van der Waals surface area contributed by atoms with E-state index in [2.05, 4.69) is 5.32 Å². The van der Waals surface area contributed by atoms with Crippen LogP contribution in [0.1, 0.15) is 18.1 Å². The number of aryl methyl sites for hydroxylation is 2. The van der Waals surface area contributed by atoms with E-state index in [1.165, 1.54) is 6.07 Å². The standard InChI is InChI=1S/C20H22N2O6S/c1-4-27-20(24)12-28-17-9-13(2)14(3)10-18(17)29(25,26)22-11-19(23)21-15-7-5-6-8-16(15)22/h5-10H,4,11-12H2,1-3H3,(H,21,23). The first-order valence-corrected chi connectivity index (χ1v) is 10.5. The Hall–Kier alpha value is -3.07. The van der Waals surface area contributed by atoms with Gasteiger partial charge in [0.05, 0.1) is 18.0 Å². The molecule has 1 N–H and O–H groups in total. The summed E-state index contributed by atoms with van der Waals surface area (Å²) in [7, 11) is -4.14. The van der Waals surface area contributed by atoms with Crippen molar-refractivity contribution >= 4 is 33.3 Å². The SMILES string of the molecule is CCOC(=O)COc1cc(C)c(C)cc1S(=O)(=O)N1CC(=O)Nc2ccccc21. The third kappa shape index (κ3) is 4.19. The summed E-state index contributed by atoms with van der Waals surface area (Å²) in [6.45, 7) is 4.68. The maximum absolute atomic E-state index is 13.5. The second-order valence-electron chi connectivity index (χ2n) is 6.55. The number of ether oxygens (including phenoxy) is 2. The molecule has 0 saturated carbocycles. The quantitative estimate of drug-likeness (QED) is 0.723. The minimum absolute atomic E-state index is 0.0321. The molecule has 1 heterocycles. The lowest BCUT2D eigenvalue weighted by Gasteiger charge is -2.30. The Labute approximate surface area is 169 Å². The molecule has 3 rings (SSSR count). The van der Waals surface area contributed by atoms with Crippen molar-refractivity contribution in [2.24, 2.45) is 0 Å². The number of benzene rings is 2. The fourth-order valence-electron chi connectivity index (χ4n) is 2.95. The van der Waals surface area contributed by atoms with Gasteiger partial charge in [0.1, 0.15) is 17.2 Å². The molecule has 0 aliphatic carbocycles. The Balaban J connectivity index is 2.06. The number of amides is 1. The van der Waals surface area contributed by atoms with E-state index in [9.17, 15) is 18.0 Å². The van der Waals surface area contributed by atoms with Gasteiger partial charge in [-0.2, -0.15) is 0 Å². The predicted molar refractivity (Wildman–Crippen MR) is 108 cm³/mol. The van der Waals surface area contributed by atoms with Crippen molar-refractivity contribution in [1.29, 1.82) is 0 Å². The lowest BCUT2D eigenvalue weighted by atomic mass is 10.1. The van der Waals surface area contributed by atoms with E-state index in [-0.39, 0.29) is 23.8 Å². The highest BCUT2D eigenvalue weighted by molar-refractivity contribution is 7.93. The van der Waals surface area contributed by atoms with Crippen LogP contribution < -0.4 is 14.4 Å². The Morgan fingerprint density at radius 3 is 2.59 bits per heavy atom. The average Bonchev–Trinajstić information content (AvgIpc) is 2.68. The van der Waals surface area contributed by atoms with Crippen LogP contribution >= 0.6 is 0 Å². The second-order valence-corrected chi connectivity index (χ2v) is 8.38. The Morgan fingerprint density at radius 2 is 1.86 bits per heavy atom. The molecule has 0 spiro atoms. The molecule has 154 valence electrons. The maximum Gasteiger partial charge on any atom is 0.344 e. The molecule has 2 aromatic carbocycles. The van der Waals surface area contributed by atoms with E-state index < -0.39 is 28.5 Å². The van der Waals surface area contributed by atoms with E-state index in [0.29, 0.717) is 11.4 Å². The summed E-state index contributed by atoms with van der Waals surface area (Å²) in [5, 5.41) is 2.67. The van der Waals surface area contributed by atoms with Crippen molar-refractivity contribution < 1.29 is 27.5 Å². The zero-order valence-corrected chi connectivity index (χ0v) is 17.2. The number of carbonyl (C=O) groups excluding carboxylic acids is 2. The third-order valence-corrected chi connectivity index (χ3v) is 6.29. The predicted octanol–water partition coefficient (Wildman–Crippen LogP) is 2.39. The van der Waals surface area contributed by atoms with Gasteiger partial charge in [0.15, 0.2) is 6.61 Å². The number of nitrogens with one attached hydrogen (secondary N) is 1. The van der Waals surface area contributed by atoms with Crippen LogP contribution in [0.25, 0.3) is 0 Å². The van der Waals surface area contributed by atoms with Crippen LogP contribution in [0.5, 0.6) is 5.75 Å². The number of hydrogen-bond donors (Lipinski definition) is 1. The van der Waals surface area contributed by atoms with Gasteiger partial charge in [0.2, 0.25) is 5.91 Å². The van der Waals surface area contributed by atoms with Crippen LogP contribution in [0.15, 0.2) is 41.3 Å². The highest BCUT2D eigenvalue weighted by atomic mass is 32.2. The molecule has 2 aromatic rings. The summed E-state index contributed by atoms with van der Waals surface area (Å²) in [5.74, 6) is -1.01. The van der Waals surface area contributed by atoms with Crippen LogP contribution in [0.4, 0.5) is 11.4 Å². The van der Waals surface area contributed by atoms with Crippen molar-refractivity contribution in [2.75, 3.05) is 29.4 Å². The van der Waals surface area contributed by atoms with Gasteiger partial charge in [-0.25, -0.2) is 13.2 Å². The van der Waals surface area contributed by atoms with Crippen LogP contribution in [0.2, 0.25) is 0 Å². The summed E-state index contributed by atoms with van der Waals surface area (Å²) in [4.78, 5) is 23.7. The number of fused-ring (bicyclic) bond motifs is 1. The number of carbonyl (C=O) groups is 2. The molecule has 9 heteroatoms. The molecule has 0 aromatic heterocycles. The monoisotopic (exact) mass is 418 g/mol. The number of nitrogens with zero attached hydrogens (tertiary/aromatic N) is 1. The molecule has 0 fully saturated rings. The van der Waals surface area contributed by atoms with Crippen molar-refractivity contribution in [3.63, 3.8) is 0 Å². The van der Waals surface area contributed by atoms with E-state index in [1.54, 1.807) is 44.2 Å². The molecule has 1 amide bonds. The highest BCUT2D eigenvalue weighted by Crippen LogP contribution is 2.37. The van der Waals surface area contributed by atoms with Crippen LogP contribution in [0.3, 0.4) is 0 Å². The summed E-state index contributed by atoms with van der Waals surface area (Å²) >= 11 is 0. The summed E-state index contributed by atoms with van der Waals surface area (Å²) in [6.07, 6.45) is 0. The van der Waals surface area contributed by atoms with E-state index >= 15 is 0 Å². The zero-order valence-electron chi connectivity index (χ0n) is 16.4. The van der Waals surface area contributed by atoms with Crippen LogP contribution in [0, 0.1) is 13.8 Å². The molecule has 0 bridgehead atoms. The van der Waals surface area contributed by atoms with Gasteiger partial charge in [-0.1, -0.05) is 12.1 Å². The smallest absolute Gasteiger partial charge is 0.344 e. The van der Waals surface area contributed by atoms with E-state index in [0.717, 1.165) is 15.4 Å². The lowest BCUT2D eigenvalue weighted by molar-refractivity contribution is -0.145. The first kappa shape index (κ1) is 20.7. The summed E-state index contributed by atoms with van der Waals surface area (Å²) in [6, 6.07) is 9.70. The third-order valence-electron chi connectivity index (χ3n) is 4.51. The molecule has 29 heavy (non-hydrogen) atoms. The van der Waals surface area contributed by atoms with Gasteiger partial charge in [-0.15, -0.1) is 0 Å². The first-order valence-electron chi connectivity index (χ1n) is 9.05. The van der Waals surface area contributed by atoms with Crippen LogP contribution in [-0.2, 0) is 24.3 Å². The van der Waals surface area contributed by atoms with Crippen molar-refractivity contribution in [2.45, 2.75) is 25.7 Å². The van der Waals surface area contributed by atoms with E-state index in [1.807, 2.05) is 6.92 Å². The molecule has 0 radical (unpaired) electrons. The van der Waals surface area contributed by atoms with Gasteiger partial charge in [-0.05, 0) is 56.2 Å². The van der Waals surface area contributed by atoms with E-state index in [4.69, 9.17) is 9.47 Å². The minimum Gasteiger partial charge on any atom is -0.480 e. The largest absolute Gasteiger partial charge is 0.480 e. The van der Waals surface area contributed by atoms with Crippen molar-refractivity contribution in [3.8, 4) is 5.75 Å². The summed E-state index contributed by atoms with van der Waals surface area (Å²) < 4.78 is 38.4. The number of anilines is 2. The fourth-order valence-corrected chi connectivity index (χ4v) is 4.59. The number of rotatable bonds is 6. The average molecular weight is 418 g/mol. The molecule has 0 saturated heterocycles. The molecular formula is C20H22N2O6S. The molecular weight excluding hydrogens is 396 g/mol. The number of esters is 1. The number of hydrogen-bond acceptors (Lipinski definition) is 6.